The van der Waals surface area contributed by atoms with Crippen molar-refractivity contribution in [2.24, 2.45) is 5.41 Å². The minimum absolute atomic E-state index is 0.0596. The molecule has 0 fully saturated rings. The highest BCUT2D eigenvalue weighted by Crippen LogP contribution is 2.49. The van der Waals surface area contributed by atoms with E-state index in [1.807, 2.05) is 18.2 Å². The van der Waals surface area contributed by atoms with Crippen molar-refractivity contribution in [1.29, 1.82) is 0 Å². The Bertz CT molecular complexity index is 853. The third-order valence-electron chi connectivity index (χ3n) is 4.79. The van der Waals surface area contributed by atoms with Gasteiger partial charge in [-0.3, -0.25) is 0 Å². The molecule has 0 saturated heterocycles. The number of rotatable bonds is 3. The molecule has 3 rings (SSSR count). The summed E-state index contributed by atoms with van der Waals surface area (Å²) >= 11 is 0. The normalized spacial score (nSPS) is 20.8. The van der Waals surface area contributed by atoms with Crippen LogP contribution in [0, 0.1) is 5.41 Å². The highest BCUT2D eigenvalue weighted by Gasteiger charge is 2.32. The third kappa shape index (κ3) is 3.54. The molecule has 0 heterocycles. The summed E-state index contributed by atoms with van der Waals surface area (Å²) in [5, 5.41) is 0. The van der Waals surface area contributed by atoms with Crippen LogP contribution >= 0.6 is 0 Å². The summed E-state index contributed by atoms with van der Waals surface area (Å²) in [5.74, 6) is -0.0596. The van der Waals surface area contributed by atoms with E-state index in [9.17, 15) is 12.8 Å². The van der Waals surface area contributed by atoms with Gasteiger partial charge in [0, 0.05) is 12.7 Å². The number of hydrogen-bond donors (Lipinski definition) is 0. The van der Waals surface area contributed by atoms with Crippen LogP contribution in [0.1, 0.15) is 45.1 Å². The molecule has 2 aliphatic carbocycles. The van der Waals surface area contributed by atoms with E-state index in [4.69, 9.17) is 0 Å². The van der Waals surface area contributed by atoms with Gasteiger partial charge in [-0.1, -0.05) is 32.1 Å². The molecule has 2 aliphatic rings. The van der Waals surface area contributed by atoms with Crippen LogP contribution in [0.25, 0.3) is 5.57 Å². The van der Waals surface area contributed by atoms with Gasteiger partial charge >= 0.3 is 0 Å². The quantitative estimate of drug-likeness (QED) is 0.750. The predicted molar refractivity (Wildman–Crippen MR) is 96.0 cm³/mol. The summed E-state index contributed by atoms with van der Waals surface area (Å²) in [4.78, 5) is 0.340. The van der Waals surface area contributed by atoms with Gasteiger partial charge in [-0.05, 0) is 65.2 Å². The van der Waals surface area contributed by atoms with E-state index in [1.165, 1.54) is 23.0 Å². The van der Waals surface area contributed by atoms with Crippen molar-refractivity contribution in [2.75, 3.05) is 6.26 Å². The lowest BCUT2D eigenvalue weighted by Crippen LogP contribution is -2.06. The van der Waals surface area contributed by atoms with Crippen molar-refractivity contribution in [3.63, 3.8) is 0 Å². The maximum Gasteiger partial charge on any atom is 0.175 e. The standard InChI is InChI=1S/C20H23FO2S/c1-20(2)12-18(14-4-8-16(21)9-5-14)19(13-20)15-6-10-17(11-7-15)24(3,22)23/h4,6-8,10-11H,5,9,12-13H2,1-3H3. The zero-order valence-electron chi connectivity index (χ0n) is 14.4. The van der Waals surface area contributed by atoms with Gasteiger partial charge in [0.2, 0.25) is 0 Å². The molecule has 0 radical (unpaired) electrons. The number of halogens is 1. The first-order valence-corrected chi connectivity index (χ1v) is 10.1. The van der Waals surface area contributed by atoms with Gasteiger partial charge in [0.25, 0.3) is 0 Å². The van der Waals surface area contributed by atoms with Gasteiger partial charge < -0.3 is 0 Å². The smallest absolute Gasteiger partial charge is 0.175 e. The molecule has 0 amide bonds. The van der Waals surface area contributed by atoms with Crippen molar-refractivity contribution in [3.05, 3.63) is 59.0 Å². The van der Waals surface area contributed by atoms with Gasteiger partial charge in [-0.15, -0.1) is 0 Å². The zero-order chi connectivity index (χ0) is 17.5. The molecule has 0 saturated carbocycles. The Morgan fingerprint density at radius 3 is 2.12 bits per heavy atom. The highest BCUT2D eigenvalue weighted by molar-refractivity contribution is 7.90. The maximum atomic E-state index is 13.3. The molecule has 24 heavy (non-hydrogen) atoms. The lowest BCUT2D eigenvalue weighted by atomic mass is 9.86. The van der Waals surface area contributed by atoms with E-state index < -0.39 is 9.84 Å². The van der Waals surface area contributed by atoms with Crippen LogP contribution in [0.2, 0.25) is 0 Å². The van der Waals surface area contributed by atoms with E-state index in [2.05, 4.69) is 13.8 Å². The van der Waals surface area contributed by atoms with E-state index >= 15 is 0 Å². The molecule has 0 atom stereocenters. The summed E-state index contributed by atoms with van der Waals surface area (Å²) in [5.41, 5.74) is 5.02. The van der Waals surface area contributed by atoms with Crippen molar-refractivity contribution < 1.29 is 12.8 Å². The first-order chi connectivity index (χ1) is 11.2. The second kappa shape index (κ2) is 5.99. The average molecular weight is 346 g/mol. The maximum absolute atomic E-state index is 13.3. The SMILES string of the molecule is CC1(C)CC(C2=CC=C(F)CC2)=C(c2ccc(S(C)(=O)=O)cc2)C1. The first kappa shape index (κ1) is 17.2. The summed E-state index contributed by atoms with van der Waals surface area (Å²) < 4.78 is 36.6. The molecule has 128 valence electrons. The molecule has 0 aromatic heterocycles. The fourth-order valence-electron chi connectivity index (χ4n) is 3.58. The molecule has 1 aromatic carbocycles. The fourth-order valence-corrected chi connectivity index (χ4v) is 4.21. The Balaban J connectivity index is 2.03. The van der Waals surface area contributed by atoms with Crippen LogP contribution in [0.3, 0.4) is 0 Å². The van der Waals surface area contributed by atoms with Crippen LogP contribution in [-0.2, 0) is 9.84 Å². The number of sulfone groups is 1. The Labute approximate surface area is 143 Å². The van der Waals surface area contributed by atoms with Gasteiger partial charge in [0.1, 0.15) is 5.83 Å². The molecule has 4 heteroatoms. The summed E-state index contributed by atoms with van der Waals surface area (Å²) in [6.07, 6.45) is 7.82. The Morgan fingerprint density at radius 2 is 1.58 bits per heavy atom. The second-order valence-corrected chi connectivity index (χ2v) is 9.59. The highest BCUT2D eigenvalue weighted by atomic mass is 32.2. The van der Waals surface area contributed by atoms with Crippen molar-refractivity contribution in [2.45, 2.75) is 44.4 Å². The van der Waals surface area contributed by atoms with Crippen LogP contribution in [0.5, 0.6) is 0 Å². The van der Waals surface area contributed by atoms with E-state index in [-0.39, 0.29) is 11.2 Å². The van der Waals surface area contributed by atoms with Gasteiger partial charge in [-0.2, -0.15) is 0 Å². The molecule has 0 spiro atoms. The van der Waals surface area contributed by atoms with Crippen molar-refractivity contribution in [1.82, 2.24) is 0 Å². The number of hydrogen-bond acceptors (Lipinski definition) is 2. The van der Waals surface area contributed by atoms with Crippen LogP contribution < -0.4 is 0 Å². The van der Waals surface area contributed by atoms with Gasteiger partial charge in [-0.25, -0.2) is 12.8 Å². The molecule has 0 N–H and O–H groups in total. The predicted octanol–water partition coefficient (Wildman–Crippen LogP) is 5.24. The summed E-state index contributed by atoms with van der Waals surface area (Å²) in [6, 6.07) is 7.14. The topological polar surface area (TPSA) is 34.1 Å². The first-order valence-electron chi connectivity index (χ1n) is 8.24. The summed E-state index contributed by atoms with van der Waals surface area (Å²) in [6.45, 7) is 4.48. The van der Waals surface area contributed by atoms with Crippen LogP contribution in [0.15, 0.2) is 58.3 Å². The van der Waals surface area contributed by atoms with E-state index in [1.54, 1.807) is 18.2 Å². The number of benzene rings is 1. The molecule has 1 aromatic rings. The van der Waals surface area contributed by atoms with E-state index in [0.717, 1.165) is 24.8 Å². The lowest BCUT2D eigenvalue weighted by molar-refractivity contribution is 0.397. The van der Waals surface area contributed by atoms with Crippen molar-refractivity contribution in [3.8, 4) is 0 Å². The average Bonchev–Trinajstić information content (AvgIpc) is 2.83. The van der Waals surface area contributed by atoms with Crippen LogP contribution in [-0.4, -0.2) is 14.7 Å². The molecule has 0 bridgehead atoms. The largest absolute Gasteiger partial charge is 0.224 e. The Hall–Kier alpha value is -1.68. The summed E-state index contributed by atoms with van der Waals surface area (Å²) in [7, 11) is -3.18. The van der Waals surface area contributed by atoms with Gasteiger partial charge in [0.05, 0.1) is 4.90 Å². The molecule has 0 aliphatic heterocycles. The second-order valence-electron chi connectivity index (χ2n) is 7.58. The Kier molecular flexibility index (Phi) is 4.28. The molecular formula is C20H23FO2S. The minimum atomic E-state index is -3.18. The zero-order valence-corrected chi connectivity index (χ0v) is 15.2. The fraction of sp³-hybridized carbons (Fsp3) is 0.400. The number of allylic oxidation sites excluding steroid dienone is 6. The molecular weight excluding hydrogens is 323 g/mol. The van der Waals surface area contributed by atoms with Crippen molar-refractivity contribution >= 4 is 15.4 Å². The molecule has 2 nitrogen and oxygen atoms in total. The Morgan fingerprint density at radius 1 is 0.958 bits per heavy atom. The monoisotopic (exact) mass is 346 g/mol. The third-order valence-corrected chi connectivity index (χ3v) is 5.92. The van der Waals surface area contributed by atoms with Crippen LogP contribution in [0.4, 0.5) is 4.39 Å². The van der Waals surface area contributed by atoms with E-state index in [0.29, 0.717) is 11.3 Å². The lowest BCUT2D eigenvalue weighted by Gasteiger charge is -2.18. The van der Waals surface area contributed by atoms with Gasteiger partial charge in [0.15, 0.2) is 9.84 Å². The minimum Gasteiger partial charge on any atom is -0.224 e. The molecule has 0 unspecified atom stereocenters.